The molecule has 7 nitrogen and oxygen atoms in total. The lowest BCUT2D eigenvalue weighted by molar-refractivity contribution is -0.116. The van der Waals surface area contributed by atoms with E-state index in [4.69, 9.17) is 11.6 Å². The van der Waals surface area contributed by atoms with Crippen LogP contribution in [-0.2, 0) is 40.0 Å². The molecule has 7 aliphatic carbocycles. The Bertz CT molecular complexity index is 4170. The lowest BCUT2D eigenvalue weighted by atomic mass is 9.99. The predicted molar refractivity (Wildman–Crippen MR) is 488 cm³/mol. The summed E-state index contributed by atoms with van der Waals surface area (Å²) in [4.78, 5) is 98.6. The quantitative estimate of drug-likeness (QED) is 0.0968. The van der Waals surface area contributed by atoms with Crippen LogP contribution in [0.4, 0.5) is 0 Å². The minimum atomic E-state index is 0.279. The Morgan fingerprint density at radius 3 is 0.690 bits per heavy atom. The van der Waals surface area contributed by atoms with Crippen molar-refractivity contribution in [3.05, 3.63) is 281 Å². The van der Waals surface area contributed by atoms with Crippen LogP contribution in [-0.4, -0.2) is 40.5 Å². The normalized spacial score (nSPS) is 16.7. The van der Waals surface area contributed by atoms with Crippen LogP contribution in [0.3, 0.4) is 0 Å². The third-order valence-electron chi connectivity index (χ3n) is 20.5. The molecule has 0 spiro atoms. The second-order valence-electron chi connectivity index (χ2n) is 28.9. The van der Waals surface area contributed by atoms with Gasteiger partial charge in [0, 0.05) is 123 Å². The van der Waals surface area contributed by atoms with Gasteiger partial charge in [0.05, 0.1) is 5.02 Å². The summed E-state index contributed by atoms with van der Waals surface area (Å²) >= 11 is 21.8. The molecule has 0 aromatic heterocycles. The maximum atomic E-state index is 11.7. The van der Waals surface area contributed by atoms with E-state index in [9.17, 15) is 33.6 Å². The molecule has 7 aliphatic rings. The molecule has 113 heavy (non-hydrogen) atoms. The van der Waals surface area contributed by atoms with Crippen molar-refractivity contribution in [1.82, 2.24) is 0 Å². The molecule has 0 unspecified atom stereocenters. The van der Waals surface area contributed by atoms with Crippen molar-refractivity contribution in [1.29, 1.82) is 0 Å². The Labute approximate surface area is 716 Å². The van der Waals surface area contributed by atoms with Gasteiger partial charge in [-0.25, -0.2) is 0 Å². The first-order chi connectivity index (χ1) is 54.3. The highest BCUT2D eigenvalue weighted by Crippen LogP contribution is 2.45. The molecule has 7 aromatic rings. The van der Waals surface area contributed by atoms with E-state index < -0.39 is 0 Å². The molecule has 7 aromatic carbocycles. The maximum Gasteiger partial charge on any atom is 0.159 e. The third-order valence-corrected chi connectivity index (χ3v) is 31.7. The van der Waals surface area contributed by atoms with Gasteiger partial charge < -0.3 is 0 Å². The summed E-state index contributed by atoms with van der Waals surface area (Å²) in [5, 5.41) is 0.755. The lowest BCUT2D eigenvalue weighted by Crippen LogP contribution is -2.07. The van der Waals surface area contributed by atoms with Crippen LogP contribution in [0.15, 0.2) is 282 Å². The van der Waals surface area contributed by atoms with E-state index in [0.717, 1.165) is 182 Å². The van der Waals surface area contributed by atoms with Gasteiger partial charge in [-0.15, -0.1) is 0 Å². The molecule has 0 radical (unpaired) electrons. The number of allylic oxidation sites excluding steroid dienone is 14. The zero-order chi connectivity index (χ0) is 81.5. The van der Waals surface area contributed by atoms with Crippen LogP contribution in [0.2, 0.25) is 5.02 Å². The molecule has 0 heterocycles. The van der Waals surface area contributed by atoms with Crippen LogP contribution in [0.25, 0.3) is 0 Å². The van der Waals surface area contributed by atoms with E-state index in [-0.39, 0.29) is 5.78 Å². The third kappa shape index (κ3) is 28.8. The van der Waals surface area contributed by atoms with Crippen molar-refractivity contribution in [2.24, 2.45) is 0 Å². The first kappa shape index (κ1) is 92.1. The highest BCUT2D eigenvalue weighted by Gasteiger charge is 2.25. The van der Waals surface area contributed by atoms with Crippen LogP contribution in [0, 0.1) is 27.7 Å². The summed E-state index contributed by atoms with van der Waals surface area (Å²) in [6.45, 7) is 24.3. The molecule has 0 fully saturated rings. The standard InChI is InChI=1S/C15H18OS.4C14H16OS.C13H13BrOS.C13H13ClOS/c1-3-12-7-4-5-9-15(12)17-14-10-6-8-13(16)11(14)2;4*1-10-6-3-4-8-13(10)16-14-9-5-7-12(15)11(14)2;2*1-9-11(15)6-4-8-12(9)16-13-7-3-2-5-10(13)14/h4-5,7,9H,3,6,8,10H2,1-2H3;4*3-4,6,8H,5,7,9H2,1-2H3;2*2-3,5,7H,4,6,8H2,1H3. The van der Waals surface area contributed by atoms with Crippen molar-refractivity contribution in [2.45, 2.75) is 259 Å². The fourth-order valence-electron chi connectivity index (χ4n) is 13.0. The Balaban J connectivity index is 0.000000165. The van der Waals surface area contributed by atoms with Gasteiger partial charge in [-0.2, -0.15) is 0 Å². The fourth-order valence-corrected chi connectivity index (χ4v) is 21.9. The smallest absolute Gasteiger partial charge is 0.159 e. The molecule has 0 saturated carbocycles. The Hall–Kier alpha value is -6.37. The minimum Gasteiger partial charge on any atom is -0.295 e. The largest absolute Gasteiger partial charge is 0.295 e. The summed E-state index contributed by atoms with van der Waals surface area (Å²) in [7, 11) is 0. The van der Waals surface area contributed by atoms with Crippen molar-refractivity contribution >= 4 is 150 Å². The molecule has 0 atom stereocenters. The number of ketones is 7. The van der Waals surface area contributed by atoms with Gasteiger partial charge in [-0.3, -0.25) is 33.6 Å². The predicted octanol–water partition coefficient (Wildman–Crippen LogP) is 29.9. The topological polar surface area (TPSA) is 119 Å². The number of Topliss-reactive ketones (excluding diaryl/α,β-unsaturated/α-hetero) is 7. The maximum absolute atomic E-state index is 11.7. The first-order valence-corrected chi connectivity index (χ1v) is 46.4. The number of thioether (sulfide) groups is 7. The van der Waals surface area contributed by atoms with Crippen LogP contribution in [0.1, 0.15) is 218 Å². The van der Waals surface area contributed by atoms with Crippen LogP contribution < -0.4 is 0 Å². The zero-order valence-corrected chi connectivity index (χ0v) is 75.8. The summed E-state index contributed by atoms with van der Waals surface area (Å²) < 4.78 is 1.10. The fraction of sp³-hybridized carbons (Fsp3) is 0.351. The van der Waals surface area contributed by atoms with Gasteiger partial charge in [0.25, 0.3) is 0 Å². The number of hydrogen-bond donors (Lipinski definition) is 0. The van der Waals surface area contributed by atoms with Gasteiger partial charge in [-0.1, -0.05) is 216 Å². The van der Waals surface area contributed by atoms with Crippen molar-refractivity contribution in [2.75, 3.05) is 0 Å². The first-order valence-electron chi connectivity index (χ1n) is 39.5. The number of carbonyl (C=O) groups is 7. The molecule has 0 N–H and O–H groups in total. The molecule has 0 amide bonds. The molecule has 0 aliphatic heterocycles. The number of aryl methyl sites for hydroxylation is 5. The van der Waals surface area contributed by atoms with Crippen molar-refractivity contribution < 1.29 is 33.6 Å². The van der Waals surface area contributed by atoms with Gasteiger partial charge >= 0.3 is 0 Å². The van der Waals surface area contributed by atoms with E-state index in [1.54, 1.807) is 82.3 Å². The monoisotopic (exact) mass is 1720 g/mol. The summed E-state index contributed by atoms with van der Waals surface area (Å²) in [5.41, 5.74) is 13.2. The summed E-state index contributed by atoms with van der Waals surface area (Å²) in [5.74, 6) is 2.20. The van der Waals surface area contributed by atoms with E-state index in [1.165, 1.54) is 91.5 Å². The molecule has 0 bridgehead atoms. The second kappa shape index (κ2) is 47.7. The molecular formula is C97H108BrClO7S7. The van der Waals surface area contributed by atoms with Gasteiger partial charge in [0.15, 0.2) is 40.5 Å². The SMILES string of the molecule is CC1=C(Sc2ccccc2Br)CCCC1=O.CC1=C(Sc2ccccc2C)CCCC1=O.CC1=C(Sc2ccccc2C)CCCC1=O.CC1=C(Sc2ccccc2C)CCCC1=O.CC1=C(Sc2ccccc2C)CCCC1=O.CC1=C(Sc2ccccc2Cl)CCCC1=O.CCc1ccccc1SC1=C(C)C(=O)CCC1. The van der Waals surface area contributed by atoms with E-state index in [2.05, 4.69) is 154 Å². The summed E-state index contributed by atoms with van der Waals surface area (Å²) in [6, 6.07) is 57.7. The Morgan fingerprint density at radius 2 is 0.442 bits per heavy atom. The van der Waals surface area contributed by atoms with Crippen molar-refractivity contribution in [3.8, 4) is 0 Å². The van der Waals surface area contributed by atoms with Gasteiger partial charge in [0.1, 0.15) is 0 Å². The number of halogens is 2. The second-order valence-corrected chi connectivity index (χ2v) is 38.1. The Kier molecular flexibility index (Phi) is 38.9. The van der Waals surface area contributed by atoms with E-state index in [1.807, 2.05) is 115 Å². The highest BCUT2D eigenvalue weighted by molar-refractivity contribution is 9.10. The minimum absolute atomic E-state index is 0.279. The van der Waals surface area contributed by atoms with Crippen LogP contribution >= 0.6 is 110 Å². The molecule has 0 saturated heterocycles. The summed E-state index contributed by atoms with van der Waals surface area (Å²) in [6.07, 6.45) is 20.3. The van der Waals surface area contributed by atoms with Crippen LogP contribution in [0.5, 0.6) is 0 Å². The number of rotatable bonds is 15. The molecule has 16 heteroatoms. The molecular weight excluding hydrogens is 1620 g/mol. The van der Waals surface area contributed by atoms with Crippen molar-refractivity contribution in [3.63, 3.8) is 0 Å². The Morgan fingerprint density at radius 1 is 0.248 bits per heavy atom. The average molecular weight is 1730 g/mol. The highest BCUT2D eigenvalue weighted by atomic mass is 79.9. The molecule has 14 rings (SSSR count). The van der Waals surface area contributed by atoms with Gasteiger partial charge in [0.2, 0.25) is 0 Å². The number of carbonyl (C=O) groups excluding carboxylic acids is 7. The zero-order valence-electron chi connectivity index (χ0n) is 67.7. The lowest BCUT2D eigenvalue weighted by Gasteiger charge is -2.17. The van der Waals surface area contributed by atoms with Gasteiger partial charge in [-0.05, 0) is 305 Å². The average Bonchev–Trinajstić information content (AvgIpc) is 0.907. The van der Waals surface area contributed by atoms with E-state index in [0.29, 0.717) is 47.5 Å². The number of benzene rings is 7. The molecule has 594 valence electrons. The van der Waals surface area contributed by atoms with E-state index >= 15 is 0 Å². The number of hydrogen-bond acceptors (Lipinski definition) is 14.